The SMILES string of the molecule is CC(=O)NCc1ccc(C(=O)Oc2ccc(C#N)c(F)c2)cc1. The molecule has 2 rings (SSSR count). The Morgan fingerprint density at radius 1 is 1.22 bits per heavy atom. The monoisotopic (exact) mass is 312 g/mol. The fraction of sp³-hybridized carbons (Fsp3) is 0.118. The lowest BCUT2D eigenvalue weighted by atomic mass is 10.1. The van der Waals surface area contributed by atoms with Crippen LogP contribution < -0.4 is 10.1 Å². The van der Waals surface area contributed by atoms with Gasteiger partial charge in [-0.2, -0.15) is 5.26 Å². The molecule has 23 heavy (non-hydrogen) atoms. The number of benzene rings is 2. The van der Waals surface area contributed by atoms with Crippen LogP contribution in [0.15, 0.2) is 42.5 Å². The van der Waals surface area contributed by atoms with Crippen LogP contribution in [-0.2, 0) is 11.3 Å². The van der Waals surface area contributed by atoms with E-state index in [1.165, 1.54) is 19.1 Å². The smallest absolute Gasteiger partial charge is 0.343 e. The molecule has 0 saturated carbocycles. The van der Waals surface area contributed by atoms with Crippen molar-refractivity contribution in [3.63, 3.8) is 0 Å². The standard InChI is InChI=1S/C17H13FN2O3/c1-11(21)20-10-12-2-4-13(5-3-12)17(22)23-15-7-6-14(9-19)16(18)8-15/h2-8H,10H2,1H3,(H,20,21). The Labute approximate surface area is 132 Å². The van der Waals surface area contributed by atoms with Crippen molar-refractivity contribution in [1.29, 1.82) is 5.26 Å². The summed E-state index contributed by atoms with van der Waals surface area (Å²) >= 11 is 0. The molecule has 0 spiro atoms. The molecule has 0 atom stereocenters. The second kappa shape index (κ2) is 7.18. The molecular formula is C17H13FN2O3. The number of ether oxygens (including phenoxy) is 1. The van der Waals surface area contributed by atoms with Crippen LogP contribution in [0.3, 0.4) is 0 Å². The summed E-state index contributed by atoms with van der Waals surface area (Å²) in [6, 6.07) is 11.8. The maximum atomic E-state index is 13.5. The normalized spacial score (nSPS) is 9.78. The zero-order chi connectivity index (χ0) is 16.8. The van der Waals surface area contributed by atoms with Gasteiger partial charge >= 0.3 is 5.97 Å². The first kappa shape index (κ1) is 16.2. The molecule has 6 heteroatoms. The third kappa shape index (κ3) is 4.38. The number of esters is 1. The fourth-order valence-electron chi connectivity index (χ4n) is 1.80. The van der Waals surface area contributed by atoms with Crippen molar-refractivity contribution in [2.45, 2.75) is 13.5 Å². The second-order valence-corrected chi connectivity index (χ2v) is 4.75. The van der Waals surface area contributed by atoms with Crippen LogP contribution in [0, 0.1) is 17.1 Å². The van der Waals surface area contributed by atoms with Gasteiger partial charge in [-0.15, -0.1) is 0 Å². The van der Waals surface area contributed by atoms with Crippen LogP contribution in [0.5, 0.6) is 5.75 Å². The number of nitrogens with one attached hydrogen (secondary N) is 1. The second-order valence-electron chi connectivity index (χ2n) is 4.75. The van der Waals surface area contributed by atoms with Gasteiger partial charge in [-0.3, -0.25) is 4.79 Å². The first-order valence-electron chi connectivity index (χ1n) is 6.75. The molecule has 0 heterocycles. The Hall–Kier alpha value is -3.20. The third-order valence-corrected chi connectivity index (χ3v) is 3.00. The number of halogens is 1. The third-order valence-electron chi connectivity index (χ3n) is 3.00. The predicted octanol–water partition coefficient (Wildman–Crippen LogP) is 2.55. The molecule has 0 unspecified atom stereocenters. The van der Waals surface area contributed by atoms with Gasteiger partial charge in [0.05, 0.1) is 11.1 Å². The Kier molecular flexibility index (Phi) is 5.05. The van der Waals surface area contributed by atoms with Crippen LogP contribution >= 0.6 is 0 Å². The highest BCUT2D eigenvalue weighted by molar-refractivity contribution is 5.91. The van der Waals surface area contributed by atoms with E-state index in [0.29, 0.717) is 12.1 Å². The van der Waals surface area contributed by atoms with Gasteiger partial charge in [0.25, 0.3) is 0 Å². The van der Waals surface area contributed by atoms with E-state index in [1.54, 1.807) is 30.3 Å². The molecule has 0 saturated heterocycles. The highest BCUT2D eigenvalue weighted by atomic mass is 19.1. The summed E-state index contributed by atoms with van der Waals surface area (Å²) in [6.07, 6.45) is 0. The Morgan fingerprint density at radius 3 is 2.48 bits per heavy atom. The largest absolute Gasteiger partial charge is 0.423 e. The summed E-state index contributed by atoms with van der Waals surface area (Å²) < 4.78 is 18.5. The summed E-state index contributed by atoms with van der Waals surface area (Å²) in [6.45, 7) is 1.79. The molecule has 1 amide bonds. The number of rotatable bonds is 4. The van der Waals surface area contributed by atoms with Crippen molar-refractivity contribution in [3.05, 3.63) is 65.0 Å². The minimum atomic E-state index is -0.747. The number of hydrogen-bond acceptors (Lipinski definition) is 4. The summed E-state index contributed by atoms with van der Waals surface area (Å²) in [5, 5.41) is 11.3. The molecule has 1 N–H and O–H groups in total. The highest BCUT2D eigenvalue weighted by Gasteiger charge is 2.10. The fourth-order valence-corrected chi connectivity index (χ4v) is 1.80. The number of carbonyl (C=O) groups excluding carboxylic acids is 2. The van der Waals surface area contributed by atoms with Crippen LogP contribution in [0.4, 0.5) is 4.39 Å². The van der Waals surface area contributed by atoms with E-state index >= 15 is 0 Å². The molecule has 5 nitrogen and oxygen atoms in total. The van der Waals surface area contributed by atoms with Gasteiger partial charge in [-0.1, -0.05) is 12.1 Å². The summed E-state index contributed by atoms with van der Waals surface area (Å²) in [4.78, 5) is 22.8. The zero-order valence-electron chi connectivity index (χ0n) is 12.3. The van der Waals surface area contributed by atoms with Crippen molar-refractivity contribution < 1.29 is 18.7 Å². The molecule has 0 aromatic heterocycles. The molecule has 116 valence electrons. The number of amides is 1. The molecule has 0 bridgehead atoms. The molecule has 0 aliphatic heterocycles. The van der Waals surface area contributed by atoms with E-state index in [4.69, 9.17) is 10.00 Å². The number of carbonyl (C=O) groups is 2. The van der Waals surface area contributed by atoms with Crippen LogP contribution in [0.2, 0.25) is 0 Å². The van der Waals surface area contributed by atoms with Crippen molar-refractivity contribution in [1.82, 2.24) is 5.32 Å². The lowest BCUT2D eigenvalue weighted by Gasteiger charge is -2.06. The molecule has 2 aromatic carbocycles. The Bertz CT molecular complexity index is 779. The average Bonchev–Trinajstić information content (AvgIpc) is 2.53. The number of hydrogen-bond donors (Lipinski definition) is 1. The maximum Gasteiger partial charge on any atom is 0.343 e. The van der Waals surface area contributed by atoms with Crippen molar-refractivity contribution >= 4 is 11.9 Å². The van der Waals surface area contributed by atoms with Gasteiger partial charge in [0.2, 0.25) is 5.91 Å². The lowest BCUT2D eigenvalue weighted by molar-refractivity contribution is -0.119. The lowest BCUT2D eigenvalue weighted by Crippen LogP contribution is -2.19. The first-order valence-corrected chi connectivity index (χ1v) is 6.75. The predicted molar refractivity (Wildman–Crippen MR) is 80.0 cm³/mol. The minimum Gasteiger partial charge on any atom is -0.423 e. The van der Waals surface area contributed by atoms with E-state index < -0.39 is 11.8 Å². The van der Waals surface area contributed by atoms with Crippen molar-refractivity contribution in [2.24, 2.45) is 0 Å². The zero-order valence-corrected chi connectivity index (χ0v) is 12.3. The highest BCUT2D eigenvalue weighted by Crippen LogP contribution is 2.17. The van der Waals surface area contributed by atoms with Crippen LogP contribution in [0.25, 0.3) is 0 Å². The number of nitriles is 1. The van der Waals surface area contributed by atoms with Crippen LogP contribution in [-0.4, -0.2) is 11.9 Å². The van der Waals surface area contributed by atoms with E-state index in [1.807, 2.05) is 0 Å². The van der Waals surface area contributed by atoms with E-state index in [-0.39, 0.29) is 17.2 Å². The summed E-state index contributed by atoms with van der Waals surface area (Å²) in [7, 11) is 0. The van der Waals surface area contributed by atoms with Gasteiger partial charge in [-0.25, -0.2) is 9.18 Å². The van der Waals surface area contributed by atoms with E-state index in [2.05, 4.69) is 5.32 Å². The maximum absolute atomic E-state index is 13.5. The number of nitrogens with zero attached hydrogens (tertiary/aromatic N) is 1. The Balaban J connectivity index is 2.04. The summed E-state index contributed by atoms with van der Waals surface area (Å²) in [5.74, 6) is -1.51. The topological polar surface area (TPSA) is 79.2 Å². The average molecular weight is 312 g/mol. The minimum absolute atomic E-state index is 0.0221. The van der Waals surface area contributed by atoms with E-state index in [0.717, 1.165) is 11.6 Å². The van der Waals surface area contributed by atoms with Crippen molar-refractivity contribution in [3.8, 4) is 11.8 Å². The van der Waals surface area contributed by atoms with E-state index in [9.17, 15) is 14.0 Å². The Morgan fingerprint density at radius 2 is 1.91 bits per heavy atom. The quantitative estimate of drug-likeness (QED) is 0.695. The van der Waals surface area contributed by atoms with Crippen LogP contribution in [0.1, 0.15) is 28.4 Å². The van der Waals surface area contributed by atoms with Crippen molar-refractivity contribution in [2.75, 3.05) is 0 Å². The van der Waals surface area contributed by atoms with Gasteiger partial charge < -0.3 is 10.1 Å². The first-order chi connectivity index (χ1) is 11.0. The summed E-state index contributed by atoms with van der Waals surface area (Å²) in [5.41, 5.74) is 1.01. The van der Waals surface area contributed by atoms with Gasteiger partial charge in [-0.05, 0) is 29.8 Å². The van der Waals surface area contributed by atoms with Gasteiger partial charge in [0, 0.05) is 19.5 Å². The molecule has 0 fully saturated rings. The van der Waals surface area contributed by atoms with Gasteiger partial charge in [0.15, 0.2) is 0 Å². The molecular weight excluding hydrogens is 299 g/mol. The molecule has 0 aliphatic rings. The molecule has 2 aromatic rings. The molecule has 0 aliphatic carbocycles. The van der Waals surface area contributed by atoms with Gasteiger partial charge in [0.1, 0.15) is 17.6 Å². The molecule has 0 radical (unpaired) electrons.